The normalized spacial score (nSPS) is 11.1. The Labute approximate surface area is 116 Å². The maximum absolute atomic E-state index is 9.66. The third-order valence-corrected chi connectivity index (χ3v) is 2.80. The van der Waals surface area contributed by atoms with Gasteiger partial charge in [0.05, 0.1) is 0 Å². The van der Waals surface area contributed by atoms with Gasteiger partial charge in [-0.1, -0.05) is 29.3 Å². The molecule has 18 heavy (non-hydrogen) atoms. The molecule has 92 valence electrons. The predicted molar refractivity (Wildman–Crippen MR) is 76.0 cm³/mol. The standard InChI is InChI=1S/C14H11Cl2NO/c1-9-2-5-14(18)13(17-9)4-3-10-6-11(15)8-12(16)7-10/h2-8,18H,1H3/b4-3+. The topological polar surface area (TPSA) is 33.1 Å². The van der Waals surface area contributed by atoms with E-state index in [2.05, 4.69) is 4.98 Å². The highest BCUT2D eigenvalue weighted by Gasteiger charge is 1.99. The number of pyridine rings is 1. The Morgan fingerprint density at radius 1 is 1.06 bits per heavy atom. The summed E-state index contributed by atoms with van der Waals surface area (Å²) in [4.78, 5) is 4.23. The fourth-order valence-electron chi connectivity index (χ4n) is 1.54. The summed E-state index contributed by atoms with van der Waals surface area (Å²) in [5.41, 5.74) is 2.22. The van der Waals surface area contributed by atoms with Crippen LogP contribution in [0.15, 0.2) is 30.3 Å². The lowest BCUT2D eigenvalue weighted by Gasteiger charge is -2.00. The van der Waals surface area contributed by atoms with Crippen molar-refractivity contribution in [3.63, 3.8) is 0 Å². The minimum absolute atomic E-state index is 0.143. The number of aromatic hydroxyl groups is 1. The summed E-state index contributed by atoms with van der Waals surface area (Å²) in [5.74, 6) is 0.143. The zero-order valence-electron chi connectivity index (χ0n) is 9.69. The molecule has 0 spiro atoms. The third kappa shape index (κ3) is 3.25. The molecule has 0 amide bonds. The van der Waals surface area contributed by atoms with E-state index in [0.717, 1.165) is 11.3 Å². The van der Waals surface area contributed by atoms with Gasteiger partial charge in [0, 0.05) is 15.7 Å². The molecule has 0 radical (unpaired) electrons. The molecule has 0 bridgehead atoms. The average Bonchev–Trinajstić information content (AvgIpc) is 2.29. The van der Waals surface area contributed by atoms with Crippen molar-refractivity contribution in [3.05, 3.63) is 57.3 Å². The van der Waals surface area contributed by atoms with Crippen molar-refractivity contribution in [1.29, 1.82) is 0 Å². The molecule has 1 aromatic heterocycles. The SMILES string of the molecule is Cc1ccc(O)c(/C=C/c2cc(Cl)cc(Cl)c2)n1. The quantitative estimate of drug-likeness (QED) is 0.873. The molecule has 4 heteroatoms. The Hall–Kier alpha value is -1.51. The predicted octanol–water partition coefficient (Wildman–Crippen LogP) is 4.57. The fraction of sp³-hybridized carbons (Fsp3) is 0.0714. The molecule has 1 N–H and O–H groups in total. The van der Waals surface area contributed by atoms with Crippen LogP contribution in [-0.4, -0.2) is 10.1 Å². The first-order chi connectivity index (χ1) is 8.54. The molecule has 2 rings (SSSR count). The lowest BCUT2D eigenvalue weighted by atomic mass is 10.2. The highest BCUT2D eigenvalue weighted by atomic mass is 35.5. The van der Waals surface area contributed by atoms with Gasteiger partial charge >= 0.3 is 0 Å². The second-order valence-electron chi connectivity index (χ2n) is 3.89. The minimum Gasteiger partial charge on any atom is -0.506 e. The van der Waals surface area contributed by atoms with Crippen LogP contribution in [0.25, 0.3) is 12.2 Å². The van der Waals surface area contributed by atoms with E-state index in [1.165, 1.54) is 0 Å². The summed E-state index contributed by atoms with van der Waals surface area (Å²) in [6, 6.07) is 8.62. The van der Waals surface area contributed by atoms with Crippen LogP contribution >= 0.6 is 23.2 Å². The van der Waals surface area contributed by atoms with Crippen LogP contribution in [-0.2, 0) is 0 Å². The van der Waals surface area contributed by atoms with E-state index in [1.54, 1.807) is 42.5 Å². The summed E-state index contributed by atoms with van der Waals surface area (Å²) >= 11 is 11.8. The highest BCUT2D eigenvalue weighted by Crippen LogP contribution is 2.22. The van der Waals surface area contributed by atoms with Crippen molar-refractivity contribution >= 4 is 35.4 Å². The average molecular weight is 280 g/mol. The van der Waals surface area contributed by atoms with Gasteiger partial charge in [-0.3, -0.25) is 0 Å². The lowest BCUT2D eigenvalue weighted by Crippen LogP contribution is -1.85. The number of aromatic nitrogens is 1. The van der Waals surface area contributed by atoms with Crippen molar-refractivity contribution in [2.24, 2.45) is 0 Å². The molecular formula is C14H11Cl2NO. The summed E-state index contributed by atoms with van der Waals surface area (Å²) in [6.45, 7) is 1.87. The van der Waals surface area contributed by atoms with Gasteiger partial charge in [-0.05, 0) is 48.9 Å². The Morgan fingerprint density at radius 3 is 2.39 bits per heavy atom. The van der Waals surface area contributed by atoms with E-state index in [-0.39, 0.29) is 5.75 Å². The number of nitrogens with zero attached hydrogens (tertiary/aromatic N) is 1. The Morgan fingerprint density at radius 2 is 1.72 bits per heavy atom. The molecule has 0 aliphatic heterocycles. The van der Waals surface area contributed by atoms with E-state index in [0.29, 0.717) is 15.7 Å². The first kappa shape index (κ1) is 12.9. The van der Waals surface area contributed by atoms with Gasteiger partial charge < -0.3 is 5.11 Å². The fourth-order valence-corrected chi connectivity index (χ4v) is 2.08. The van der Waals surface area contributed by atoms with E-state index >= 15 is 0 Å². The van der Waals surface area contributed by atoms with Crippen LogP contribution in [0.4, 0.5) is 0 Å². The van der Waals surface area contributed by atoms with Crippen molar-refractivity contribution in [1.82, 2.24) is 4.98 Å². The van der Waals surface area contributed by atoms with Gasteiger partial charge in [-0.2, -0.15) is 0 Å². The molecule has 0 aliphatic rings. The van der Waals surface area contributed by atoms with E-state index in [9.17, 15) is 5.11 Å². The summed E-state index contributed by atoms with van der Waals surface area (Å²) < 4.78 is 0. The molecule has 2 aromatic rings. The summed E-state index contributed by atoms with van der Waals surface area (Å²) in [5, 5.41) is 10.8. The number of aryl methyl sites for hydroxylation is 1. The second-order valence-corrected chi connectivity index (χ2v) is 4.77. The largest absolute Gasteiger partial charge is 0.506 e. The number of hydrogen-bond donors (Lipinski definition) is 1. The molecule has 0 atom stereocenters. The Kier molecular flexibility index (Phi) is 3.90. The number of rotatable bonds is 2. The van der Waals surface area contributed by atoms with Crippen molar-refractivity contribution in [3.8, 4) is 5.75 Å². The molecule has 1 heterocycles. The molecular weight excluding hydrogens is 269 g/mol. The highest BCUT2D eigenvalue weighted by molar-refractivity contribution is 6.34. The van der Waals surface area contributed by atoms with Crippen LogP contribution in [0.1, 0.15) is 17.0 Å². The number of hydrogen-bond acceptors (Lipinski definition) is 2. The Balaban J connectivity index is 2.32. The lowest BCUT2D eigenvalue weighted by molar-refractivity contribution is 0.471. The van der Waals surface area contributed by atoms with Gasteiger partial charge in [0.2, 0.25) is 0 Å². The molecule has 0 unspecified atom stereocenters. The van der Waals surface area contributed by atoms with Gasteiger partial charge in [0.25, 0.3) is 0 Å². The monoisotopic (exact) mass is 279 g/mol. The first-order valence-electron chi connectivity index (χ1n) is 5.35. The second kappa shape index (κ2) is 5.42. The maximum Gasteiger partial charge on any atom is 0.141 e. The van der Waals surface area contributed by atoms with E-state index in [1.807, 2.05) is 6.92 Å². The molecule has 1 aromatic carbocycles. The zero-order chi connectivity index (χ0) is 13.1. The van der Waals surface area contributed by atoms with Crippen LogP contribution in [0.5, 0.6) is 5.75 Å². The molecule has 0 aliphatic carbocycles. The van der Waals surface area contributed by atoms with Gasteiger partial charge in [0.15, 0.2) is 0 Å². The summed E-state index contributed by atoms with van der Waals surface area (Å²) in [7, 11) is 0. The van der Waals surface area contributed by atoms with Gasteiger partial charge in [0.1, 0.15) is 11.4 Å². The first-order valence-corrected chi connectivity index (χ1v) is 6.11. The maximum atomic E-state index is 9.66. The number of benzene rings is 1. The van der Waals surface area contributed by atoms with E-state index < -0.39 is 0 Å². The molecule has 0 saturated carbocycles. The number of halogens is 2. The Bertz CT molecular complexity index is 588. The van der Waals surface area contributed by atoms with Gasteiger partial charge in [-0.15, -0.1) is 0 Å². The molecule has 0 saturated heterocycles. The molecule has 0 fully saturated rings. The van der Waals surface area contributed by atoms with Crippen LogP contribution in [0.2, 0.25) is 10.0 Å². The van der Waals surface area contributed by atoms with E-state index in [4.69, 9.17) is 23.2 Å². The van der Waals surface area contributed by atoms with Gasteiger partial charge in [-0.25, -0.2) is 4.98 Å². The van der Waals surface area contributed by atoms with Crippen molar-refractivity contribution < 1.29 is 5.11 Å². The minimum atomic E-state index is 0.143. The van der Waals surface area contributed by atoms with Crippen LogP contribution < -0.4 is 0 Å². The summed E-state index contributed by atoms with van der Waals surface area (Å²) in [6.07, 6.45) is 3.53. The van der Waals surface area contributed by atoms with Crippen molar-refractivity contribution in [2.75, 3.05) is 0 Å². The van der Waals surface area contributed by atoms with Crippen LogP contribution in [0, 0.1) is 6.92 Å². The van der Waals surface area contributed by atoms with Crippen LogP contribution in [0.3, 0.4) is 0 Å². The zero-order valence-corrected chi connectivity index (χ0v) is 11.2. The smallest absolute Gasteiger partial charge is 0.141 e. The molecule has 2 nitrogen and oxygen atoms in total. The van der Waals surface area contributed by atoms with Crippen molar-refractivity contribution in [2.45, 2.75) is 6.92 Å². The third-order valence-electron chi connectivity index (χ3n) is 2.36.